The highest BCUT2D eigenvalue weighted by atomic mass is 32.1. The van der Waals surface area contributed by atoms with Crippen LogP contribution in [0.25, 0.3) is 10.6 Å². The van der Waals surface area contributed by atoms with E-state index in [9.17, 15) is 4.79 Å². The number of nitrogens with one attached hydrogen (secondary N) is 2. The fraction of sp³-hybridized carbons (Fsp3) is 0.333. The summed E-state index contributed by atoms with van der Waals surface area (Å²) in [6.45, 7) is 3.52. The Kier molecular flexibility index (Phi) is 5.62. The Labute approximate surface area is 168 Å². The molecule has 1 atom stereocenters. The van der Waals surface area contributed by atoms with Crippen molar-refractivity contribution in [1.82, 2.24) is 15.5 Å². The van der Waals surface area contributed by atoms with Crippen LogP contribution in [-0.4, -0.2) is 41.3 Å². The summed E-state index contributed by atoms with van der Waals surface area (Å²) in [5, 5.41) is 12.8. The highest BCUT2D eigenvalue weighted by molar-refractivity contribution is 7.13. The van der Waals surface area contributed by atoms with Gasteiger partial charge in [0.15, 0.2) is 11.9 Å². The van der Waals surface area contributed by atoms with Crippen molar-refractivity contribution in [3.8, 4) is 16.3 Å². The second-order valence-corrected chi connectivity index (χ2v) is 7.91. The van der Waals surface area contributed by atoms with Gasteiger partial charge in [-0.2, -0.15) is 5.10 Å². The maximum Gasteiger partial charge on any atom is 0.260 e. The van der Waals surface area contributed by atoms with Crippen LogP contribution in [0.1, 0.15) is 19.8 Å². The summed E-state index contributed by atoms with van der Waals surface area (Å²) in [6, 6.07) is 15.8. The van der Waals surface area contributed by atoms with Gasteiger partial charge in [-0.3, -0.25) is 9.89 Å². The molecule has 0 unspecified atom stereocenters. The van der Waals surface area contributed by atoms with Crippen LogP contribution in [-0.2, 0) is 4.79 Å². The lowest BCUT2D eigenvalue weighted by atomic mass is 10.0. The van der Waals surface area contributed by atoms with Crippen molar-refractivity contribution in [1.29, 1.82) is 0 Å². The van der Waals surface area contributed by atoms with E-state index >= 15 is 0 Å². The molecular weight excluding hydrogens is 372 g/mol. The zero-order chi connectivity index (χ0) is 19.3. The molecule has 1 aliphatic heterocycles. The zero-order valence-corrected chi connectivity index (χ0v) is 16.6. The van der Waals surface area contributed by atoms with Gasteiger partial charge >= 0.3 is 0 Å². The smallest absolute Gasteiger partial charge is 0.260 e. The number of hydrogen-bond acceptors (Lipinski definition) is 5. The summed E-state index contributed by atoms with van der Waals surface area (Å²) >= 11 is 1.70. The molecule has 4 rings (SSSR count). The SMILES string of the molecule is C[C@@H](Oc1ccccc1)C(=O)NC1CCN(c2cc(-c3cccs3)[nH]n2)CC1. The first-order valence-electron chi connectivity index (χ1n) is 9.55. The van der Waals surface area contributed by atoms with Crippen molar-refractivity contribution in [3.05, 3.63) is 53.9 Å². The average Bonchev–Trinajstić information content (AvgIpc) is 3.41. The highest BCUT2D eigenvalue weighted by Crippen LogP contribution is 2.27. The topological polar surface area (TPSA) is 70.2 Å². The second kappa shape index (κ2) is 8.48. The monoisotopic (exact) mass is 396 g/mol. The van der Waals surface area contributed by atoms with E-state index in [0.717, 1.165) is 37.4 Å². The molecule has 28 heavy (non-hydrogen) atoms. The van der Waals surface area contributed by atoms with Crippen LogP contribution >= 0.6 is 11.3 Å². The van der Waals surface area contributed by atoms with Crippen LogP contribution in [0.5, 0.6) is 5.75 Å². The molecule has 2 N–H and O–H groups in total. The third-order valence-electron chi connectivity index (χ3n) is 4.94. The lowest BCUT2D eigenvalue weighted by Crippen LogP contribution is -2.48. The summed E-state index contributed by atoms with van der Waals surface area (Å²) < 4.78 is 5.71. The Hall–Kier alpha value is -2.80. The van der Waals surface area contributed by atoms with E-state index in [1.807, 2.05) is 36.4 Å². The van der Waals surface area contributed by atoms with Gasteiger partial charge in [0.2, 0.25) is 0 Å². The number of hydrogen-bond donors (Lipinski definition) is 2. The summed E-state index contributed by atoms with van der Waals surface area (Å²) in [6.07, 6.45) is 1.27. The van der Waals surface area contributed by atoms with Crippen LogP contribution < -0.4 is 15.0 Å². The van der Waals surface area contributed by atoms with Crippen LogP contribution in [0.2, 0.25) is 0 Å². The highest BCUT2D eigenvalue weighted by Gasteiger charge is 2.24. The Morgan fingerprint density at radius 2 is 2.04 bits per heavy atom. The van der Waals surface area contributed by atoms with Gasteiger partial charge in [0.05, 0.1) is 10.6 Å². The summed E-state index contributed by atoms with van der Waals surface area (Å²) in [5.41, 5.74) is 1.05. The van der Waals surface area contributed by atoms with Gasteiger partial charge in [-0.1, -0.05) is 24.3 Å². The van der Waals surface area contributed by atoms with Gasteiger partial charge in [-0.15, -0.1) is 11.3 Å². The fourth-order valence-electron chi connectivity index (χ4n) is 3.36. The lowest BCUT2D eigenvalue weighted by molar-refractivity contribution is -0.128. The summed E-state index contributed by atoms with van der Waals surface area (Å²) in [7, 11) is 0. The maximum absolute atomic E-state index is 12.4. The number of nitrogens with zero attached hydrogens (tertiary/aromatic N) is 2. The van der Waals surface area contributed by atoms with E-state index in [1.54, 1.807) is 18.3 Å². The van der Waals surface area contributed by atoms with Gasteiger partial charge < -0.3 is 15.0 Å². The van der Waals surface area contributed by atoms with E-state index in [0.29, 0.717) is 5.75 Å². The number of carbonyl (C=O) groups is 1. The number of thiophene rings is 1. The molecule has 6 nitrogen and oxygen atoms in total. The molecule has 0 saturated carbocycles. The van der Waals surface area contributed by atoms with Crippen molar-refractivity contribution < 1.29 is 9.53 Å². The van der Waals surface area contributed by atoms with E-state index in [4.69, 9.17) is 4.74 Å². The van der Waals surface area contributed by atoms with Gasteiger partial charge in [0.1, 0.15) is 5.75 Å². The number of H-pyrrole nitrogens is 1. The van der Waals surface area contributed by atoms with E-state index in [1.165, 1.54) is 4.88 Å². The maximum atomic E-state index is 12.4. The summed E-state index contributed by atoms with van der Waals surface area (Å²) in [5.74, 6) is 1.61. The average molecular weight is 397 g/mol. The van der Waals surface area contributed by atoms with Crippen molar-refractivity contribution in [2.24, 2.45) is 0 Å². The molecule has 3 aromatic rings. The normalized spacial score (nSPS) is 16.0. The molecule has 0 spiro atoms. The van der Waals surface area contributed by atoms with Gasteiger partial charge in [-0.05, 0) is 43.3 Å². The zero-order valence-electron chi connectivity index (χ0n) is 15.8. The minimum Gasteiger partial charge on any atom is -0.481 e. The molecule has 2 aromatic heterocycles. The van der Waals surface area contributed by atoms with E-state index < -0.39 is 6.10 Å². The molecule has 0 aliphatic carbocycles. The van der Waals surface area contributed by atoms with E-state index in [2.05, 4.69) is 37.9 Å². The number of amides is 1. The van der Waals surface area contributed by atoms with Crippen molar-refractivity contribution in [3.63, 3.8) is 0 Å². The molecule has 1 saturated heterocycles. The molecule has 7 heteroatoms. The second-order valence-electron chi connectivity index (χ2n) is 6.96. The number of carbonyl (C=O) groups excluding carboxylic acids is 1. The molecule has 0 bridgehead atoms. The first-order chi connectivity index (χ1) is 13.7. The Bertz CT molecular complexity index is 886. The number of para-hydroxylation sites is 1. The Balaban J connectivity index is 1.26. The van der Waals surface area contributed by atoms with Crippen LogP contribution in [0.15, 0.2) is 53.9 Å². The molecule has 3 heterocycles. The predicted octanol–water partition coefficient (Wildman–Crippen LogP) is 3.69. The molecule has 1 aromatic carbocycles. The third kappa shape index (κ3) is 4.36. The number of aromatic nitrogens is 2. The van der Waals surface area contributed by atoms with Crippen LogP contribution in [0.3, 0.4) is 0 Å². The molecule has 1 fully saturated rings. The quantitative estimate of drug-likeness (QED) is 0.667. The third-order valence-corrected chi connectivity index (χ3v) is 5.84. The van der Waals surface area contributed by atoms with Gasteiger partial charge in [-0.25, -0.2) is 0 Å². The molecule has 1 amide bonds. The molecular formula is C21H24N4O2S. The van der Waals surface area contributed by atoms with Gasteiger partial charge in [0.25, 0.3) is 5.91 Å². The molecule has 146 valence electrons. The van der Waals surface area contributed by atoms with Gasteiger partial charge in [0, 0.05) is 25.2 Å². The van der Waals surface area contributed by atoms with Crippen molar-refractivity contribution in [2.75, 3.05) is 18.0 Å². The largest absolute Gasteiger partial charge is 0.481 e. The minimum atomic E-state index is -0.514. The van der Waals surface area contributed by atoms with Crippen molar-refractivity contribution >= 4 is 23.1 Å². The Morgan fingerprint density at radius 1 is 1.25 bits per heavy atom. The number of piperidine rings is 1. The standard InChI is InChI=1S/C21H24N4O2S/c1-15(27-17-6-3-2-4-7-17)21(26)22-16-9-11-25(12-10-16)20-14-18(23-24-20)19-8-5-13-28-19/h2-8,13-16H,9-12H2,1H3,(H,22,26)(H,23,24)/t15-/m1/s1. The Morgan fingerprint density at radius 3 is 2.75 bits per heavy atom. The lowest BCUT2D eigenvalue weighted by Gasteiger charge is -2.32. The number of aromatic amines is 1. The number of benzene rings is 1. The van der Waals surface area contributed by atoms with Crippen molar-refractivity contribution in [2.45, 2.75) is 31.9 Å². The first kappa shape index (κ1) is 18.6. The van der Waals surface area contributed by atoms with Crippen LogP contribution in [0.4, 0.5) is 5.82 Å². The summed E-state index contributed by atoms with van der Waals surface area (Å²) in [4.78, 5) is 15.9. The first-order valence-corrected chi connectivity index (χ1v) is 10.4. The predicted molar refractivity (Wildman–Crippen MR) is 112 cm³/mol. The fourth-order valence-corrected chi connectivity index (χ4v) is 4.05. The number of anilines is 1. The number of ether oxygens (including phenoxy) is 1. The van der Waals surface area contributed by atoms with Crippen LogP contribution in [0, 0.1) is 0 Å². The minimum absolute atomic E-state index is 0.0675. The molecule has 0 radical (unpaired) electrons. The number of rotatable bonds is 6. The molecule has 1 aliphatic rings. The van der Waals surface area contributed by atoms with E-state index in [-0.39, 0.29) is 11.9 Å².